The maximum atomic E-state index is 13.3. The van der Waals surface area contributed by atoms with Crippen LogP contribution in [-0.4, -0.2) is 53.9 Å². The van der Waals surface area contributed by atoms with Crippen LogP contribution in [0.3, 0.4) is 0 Å². The van der Waals surface area contributed by atoms with Gasteiger partial charge in [0.15, 0.2) is 11.5 Å². The Labute approximate surface area is 307 Å². The highest BCUT2D eigenvalue weighted by Gasteiger charge is 2.22. The van der Waals surface area contributed by atoms with Crippen LogP contribution in [0.5, 0.6) is 11.5 Å². The number of nitrogens with zero attached hydrogens (tertiary/aromatic N) is 2. The summed E-state index contributed by atoms with van der Waals surface area (Å²) in [6, 6.07) is 36.6. The van der Waals surface area contributed by atoms with Crippen molar-refractivity contribution in [3.05, 3.63) is 155 Å². The third kappa shape index (κ3) is 9.92. The number of anilines is 2. The molecule has 0 saturated heterocycles. The summed E-state index contributed by atoms with van der Waals surface area (Å²) in [6.45, 7) is 2.92. The molecule has 0 aliphatic carbocycles. The number of rotatable bonds is 10. The Kier molecular flexibility index (Phi) is 12.9. The van der Waals surface area contributed by atoms with Crippen LogP contribution in [0.4, 0.5) is 11.4 Å². The Hall–Kier alpha value is -6.26. The molecule has 2 N–H and O–H groups in total. The SMILES string of the molecule is CCOc1cc(C2=NN(C(=O)c3ccc(NC(=O)c4cccc(NC(=O)c5ccccc5)c4)cc3)CCC2)ccc1OC.O=C(Cl)c1ccccc1. The molecule has 0 radical (unpaired) electrons. The molecule has 52 heavy (non-hydrogen) atoms. The first-order chi connectivity index (χ1) is 25.2. The zero-order valence-electron chi connectivity index (χ0n) is 28.7. The van der Waals surface area contributed by atoms with Gasteiger partial charge in [0.2, 0.25) is 0 Å². The van der Waals surface area contributed by atoms with Gasteiger partial charge in [0.25, 0.3) is 23.0 Å². The van der Waals surface area contributed by atoms with Crippen LogP contribution in [0.2, 0.25) is 0 Å². The fourth-order valence-electron chi connectivity index (χ4n) is 5.26. The number of hydrogen-bond acceptors (Lipinski definition) is 7. The molecule has 0 fully saturated rings. The van der Waals surface area contributed by atoms with E-state index in [4.69, 9.17) is 21.1 Å². The van der Waals surface area contributed by atoms with Crippen LogP contribution in [0.25, 0.3) is 0 Å². The monoisotopic (exact) mass is 716 g/mol. The first-order valence-corrected chi connectivity index (χ1v) is 17.0. The normalized spacial score (nSPS) is 12.0. The number of carbonyl (C=O) groups excluding carboxylic acids is 4. The number of halogens is 1. The van der Waals surface area contributed by atoms with Crippen molar-refractivity contribution < 1.29 is 28.7 Å². The third-order valence-corrected chi connectivity index (χ3v) is 8.08. The molecule has 5 aromatic carbocycles. The number of nitrogens with one attached hydrogen (secondary N) is 2. The maximum Gasteiger partial charge on any atom is 0.273 e. The highest BCUT2D eigenvalue weighted by Crippen LogP contribution is 2.30. The van der Waals surface area contributed by atoms with Crippen LogP contribution >= 0.6 is 11.6 Å². The molecule has 3 amide bonds. The number of benzene rings is 5. The Morgan fingerprint density at radius 1 is 0.692 bits per heavy atom. The van der Waals surface area contributed by atoms with E-state index in [1.165, 1.54) is 5.01 Å². The molecule has 1 aliphatic heterocycles. The molecule has 0 atom stereocenters. The highest BCUT2D eigenvalue weighted by atomic mass is 35.5. The van der Waals surface area contributed by atoms with E-state index >= 15 is 0 Å². The number of amides is 3. The molecule has 6 rings (SSSR count). The summed E-state index contributed by atoms with van der Waals surface area (Å²) in [6.07, 6.45) is 1.52. The lowest BCUT2D eigenvalue weighted by Gasteiger charge is -2.24. The molecular weight excluding hydrogens is 680 g/mol. The van der Waals surface area contributed by atoms with E-state index in [-0.39, 0.29) is 17.7 Å². The first-order valence-electron chi connectivity index (χ1n) is 16.6. The zero-order chi connectivity index (χ0) is 36.9. The lowest BCUT2D eigenvalue weighted by molar-refractivity contribution is 0.0751. The van der Waals surface area contributed by atoms with Gasteiger partial charge in [-0.3, -0.25) is 19.2 Å². The van der Waals surface area contributed by atoms with Crippen molar-refractivity contribution in [1.82, 2.24) is 5.01 Å². The maximum absolute atomic E-state index is 13.3. The Morgan fingerprint density at radius 3 is 1.96 bits per heavy atom. The molecule has 0 spiro atoms. The molecule has 1 aliphatic rings. The van der Waals surface area contributed by atoms with E-state index in [2.05, 4.69) is 15.7 Å². The van der Waals surface area contributed by atoms with Crippen LogP contribution < -0.4 is 20.1 Å². The van der Waals surface area contributed by atoms with Gasteiger partial charge in [-0.1, -0.05) is 54.6 Å². The summed E-state index contributed by atoms with van der Waals surface area (Å²) in [4.78, 5) is 49.1. The minimum absolute atomic E-state index is 0.226. The fourth-order valence-corrected chi connectivity index (χ4v) is 5.39. The largest absolute Gasteiger partial charge is 0.493 e. The number of ether oxygens (including phenoxy) is 2. The molecule has 264 valence electrons. The van der Waals surface area contributed by atoms with Crippen molar-refractivity contribution in [2.24, 2.45) is 5.10 Å². The second kappa shape index (κ2) is 18.1. The summed E-state index contributed by atoms with van der Waals surface area (Å²) >= 11 is 5.16. The molecule has 11 heteroatoms. The predicted octanol–water partition coefficient (Wildman–Crippen LogP) is 8.30. The van der Waals surface area contributed by atoms with E-state index < -0.39 is 5.24 Å². The van der Waals surface area contributed by atoms with Gasteiger partial charge in [-0.05, 0) is 104 Å². The summed E-state index contributed by atoms with van der Waals surface area (Å²) in [5.74, 6) is 0.448. The third-order valence-electron chi connectivity index (χ3n) is 7.87. The molecular formula is C41H37ClN4O6. The Morgan fingerprint density at radius 2 is 1.33 bits per heavy atom. The summed E-state index contributed by atoms with van der Waals surface area (Å²) in [5, 5.41) is 11.4. The highest BCUT2D eigenvalue weighted by molar-refractivity contribution is 6.67. The van der Waals surface area contributed by atoms with E-state index in [1.807, 2.05) is 37.3 Å². The van der Waals surface area contributed by atoms with Crippen LogP contribution in [0.15, 0.2) is 132 Å². The van der Waals surface area contributed by atoms with E-state index in [9.17, 15) is 19.2 Å². The summed E-state index contributed by atoms with van der Waals surface area (Å²) in [5.41, 5.74) is 4.62. The quantitative estimate of drug-likeness (QED) is 0.140. The zero-order valence-corrected chi connectivity index (χ0v) is 29.4. The van der Waals surface area contributed by atoms with E-state index in [0.29, 0.717) is 58.3 Å². The minimum Gasteiger partial charge on any atom is -0.493 e. The van der Waals surface area contributed by atoms with Crippen molar-refractivity contribution in [3.63, 3.8) is 0 Å². The average molecular weight is 717 g/mol. The minimum atomic E-state index is -0.407. The summed E-state index contributed by atoms with van der Waals surface area (Å²) in [7, 11) is 1.60. The van der Waals surface area contributed by atoms with Crippen LogP contribution in [-0.2, 0) is 0 Å². The van der Waals surface area contributed by atoms with Crippen molar-refractivity contribution >= 4 is 51.7 Å². The van der Waals surface area contributed by atoms with Gasteiger partial charge in [0.05, 0.1) is 19.4 Å². The molecule has 0 aromatic heterocycles. The molecule has 0 unspecified atom stereocenters. The smallest absolute Gasteiger partial charge is 0.273 e. The van der Waals surface area contributed by atoms with Gasteiger partial charge >= 0.3 is 0 Å². The van der Waals surface area contributed by atoms with Gasteiger partial charge < -0.3 is 20.1 Å². The predicted molar refractivity (Wildman–Crippen MR) is 203 cm³/mol. The number of hydrazone groups is 1. The Balaban J connectivity index is 0.000000507. The molecule has 1 heterocycles. The second-order valence-electron chi connectivity index (χ2n) is 11.4. The first kappa shape index (κ1) is 37.0. The summed E-state index contributed by atoms with van der Waals surface area (Å²) < 4.78 is 11.1. The van der Waals surface area contributed by atoms with Crippen molar-refractivity contribution in [2.45, 2.75) is 19.8 Å². The molecule has 0 saturated carbocycles. The molecule has 0 bridgehead atoms. The fraction of sp³-hybridized carbons (Fsp3) is 0.146. The second-order valence-corrected chi connectivity index (χ2v) is 11.8. The van der Waals surface area contributed by atoms with Gasteiger partial charge in [0.1, 0.15) is 0 Å². The van der Waals surface area contributed by atoms with Crippen LogP contribution in [0.1, 0.15) is 66.8 Å². The lowest BCUT2D eigenvalue weighted by atomic mass is 10.0. The molecule has 10 nitrogen and oxygen atoms in total. The van der Waals surface area contributed by atoms with Gasteiger partial charge in [-0.15, -0.1) is 0 Å². The Bertz CT molecular complexity index is 2050. The van der Waals surface area contributed by atoms with Crippen molar-refractivity contribution in [2.75, 3.05) is 30.9 Å². The molecule has 5 aromatic rings. The standard InChI is InChI=1S/C34H32N4O5.C7H5ClO/c1-3-43-31-22-25(16-19-30(31)42-2)29-13-8-20-38(37-29)34(41)24-14-17-27(18-15-24)35-33(40)26-11-7-12-28(21-26)36-32(39)23-9-5-4-6-10-23;8-7(9)6-4-2-1-3-5-6/h4-7,9-12,14-19,21-22H,3,8,13,20H2,1-2H3,(H,35,40)(H,36,39);1-5H. The van der Waals surface area contributed by atoms with Gasteiger partial charge in [-0.2, -0.15) is 5.10 Å². The van der Waals surface area contributed by atoms with Crippen LogP contribution in [0, 0.1) is 0 Å². The number of carbonyl (C=O) groups is 4. The lowest BCUT2D eigenvalue weighted by Crippen LogP contribution is -2.32. The van der Waals surface area contributed by atoms with E-state index in [0.717, 1.165) is 24.1 Å². The number of hydrogen-bond donors (Lipinski definition) is 2. The van der Waals surface area contributed by atoms with Gasteiger partial charge in [0, 0.05) is 45.7 Å². The topological polar surface area (TPSA) is 126 Å². The average Bonchev–Trinajstić information content (AvgIpc) is 3.19. The van der Waals surface area contributed by atoms with Crippen molar-refractivity contribution in [1.29, 1.82) is 0 Å². The van der Waals surface area contributed by atoms with E-state index in [1.54, 1.807) is 104 Å². The van der Waals surface area contributed by atoms with Gasteiger partial charge in [-0.25, -0.2) is 5.01 Å². The van der Waals surface area contributed by atoms with Crippen molar-refractivity contribution in [3.8, 4) is 11.5 Å². The number of methoxy groups -OCH3 is 1.